The molecule has 102 valence electrons. The Bertz CT molecular complexity index is 424. The van der Waals surface area contributed by atoms with Crippen LogP contribution in [0.4, 0.5) is 0 Å². The fourth-order valence-electron chi connectivity index (χ4n) is 2.10. The van der Waals surface area contributed by atoms with E-state index < -0.39 is 12.1 Å². The third kappa shape index (κ3) is 3.03. The SMILES string of the molecule is Cl.N[C@@H](c1cc(Cl)cc(Cl)c1O)[C@H](O)C1CCC1. The van der Waals surface area contributed by atoms with Crippen LogP contribution in [0.1, 0.15) is 30.9 Å². The van der Waals surface area contributed by atoms with E-state index in [-0.39, 0.29) is 29.1 Å². The van der Waals surface area contributed by atoms with E-state index in [4.69, 9.17) is 28.9 Å². The molecule has 2 rings (SSSR count). The van der Waals surface area contributed by atoms with Crippen LogP contribution in [0.15, 0.2) is 12.1 Å². The molecule has 3 nitrogen and oxygen atoms in total. The van der Waals surface area contributed by atoms with Crippen molar-refractivity contribution in [3.05, 3.63) is 27.7 Å². The Morgan fingerprint density at radius 2 is 1.89 bits per heavy atom. The standard InChI is InChI=1S/C12H15Cl2NO2.ClH/c13-7-4-8(12(17)9(14)5-7)10(15)11(16)6-2-1-3-6;/h4-6,10-11,16-17H,1-3,15H2;1H/t10-,11+;/m0./s1. The molecule has 1 saturated carbocycles. The van der Waals surface area contributed by atoms with Gasteiger partial charge >= 0.3 is 0 Å². The minimum atomic E-state index is -0.663. The van der Waals surface area contributed by atoms with Crippen LogP contribution >= 0.6 is 35.6 Å². The van der Waals surface area contributed by atoms with E-state index in [1.807, 2.05) is 0 Å². The predicted octanol–water partition coefficient (Wildman–Crippen LogP) is 3.28. The molecule has 4 N–H and O–H groups in total. The number of aliphatic hydroxyl groups is 1. The molecule has 1 aliphatic carbocycles. The normalized spacial score (nSPS) is 18.7. The molecule has 2 atom stereocenters. The number of rotatable bonds is 3. The number of aromatic hydroxyl groups is 1. The molecule has 0 aromatic heterocycles. The lowest BCUT2D eigenvalue weighted by Crippen LogP contribution is -2.36. The molecule has 1 aliphatic rings. The largest absolute Gasteiger partial charge is 0.506 e. The number of benzene rings is 1. The molecule has 1 aromatic rings. The zero-order chi connectivity index (χ0) is 12.6. The van der Waals surface area contributed by atoms with Gasteiger partial charge in [0.25, 0.3) is 0 Å². The third-order valence-electron chi connectivity index (χ3n) is 3.42. The van der Waals surface area contributed by atoms with Gasteiger partial charge in [-0.15, -0.1) is 12.4 Å². The monoisotopic (exact) mass is 311 g/mol. The summed E-state index contributed by atoms with van der Waals surface area (Å²) in [6, 6.07) is 2.34. The molecule has 6 heteroatoms. The Labute approximate surface area is 122 Å². The van der Waals surface area contributed by atoms with E-state index in [1.54, 1.807) is 6.07 Å². The average Bonchev–Trinajstić information content (AvgIpc) is 2.19. The van der Waals surface area contributed by atoms with E-state index in [0.29, 0.717) is 10.6 Å². The van der Waals surface area contributed by atoms with Crippen LogP contribution in [0.25, 0.3) is 0 Å². The van der Waals surface area contributed by atoms with Crippen molar-refractivity contribution < 1.29 is 10.2 Å². The smallest absolute Gasteiger partial charge is 0.139 e. The summed E-state index contributed by atoms with van der Waals surface area (Å²) in [6.45, 7) is 0. The number of hydrogen-bond donors (Lipinski definition) is 3. The lowest BCUT2D eigenvalue weighted by Gasteiger charge is -2.34. The minimum Gasteiger partial charge on any atom is -0.506 e. The predicted molar refractivity (Wildman–Crippen MR) is 75.7 cm³/mol. The first-order valence-corrected chi connectivity index (χ1v) is 6.38. The lowest BCUT2D eigenvalue weighted by molar-refractivity contribution is 0.0408. The number of aliphatic hydroxyl groups excluding tert-OH is 1. The second-order valence-electron chi connectivity index (χ2n) is 4.53. The van der Waals surface area contributed by atoms with Gasteiger partial charge in [-0.05, 0) is 30.9 Å². The van der Waals surface area contributed by atoms with Crippen molar-refractivity contribution in [1.29, 1.82) is 0 Å². The molecule has 0 unspecified atom stereocenters. The molecule has 0 aliphatic heterocycles. The molecule has 0 amide bonds. The van der Waals surface area contributed by atoms with Crippen molar-refractivity contribution in [2.45, 2.75) is 31.4 Å². The van der Waals surface area contributed by atoms with E-state index in [1.165, 1.54) is 6.07 Å². The van der Waals surface area contributed by atoms with Crippen molar-refractivity contribution in [3.8, 4) is 5.75 Å². The van der Waals surface area contributed by atoms with Crippen molar-refractivity contribution in [2.75, 3.05) is 0 Å². The highest BCUT2D eigenvalue weighted by atomic mass is 35.5. The summed E-state index contributed by atoms with van der Waals surface area (Å²) in [4.78, 5) is 0. The highest BCUT2D eigenvalue weighted by Crippen LogP contribution is 2.39. The summed E-state index contributed by atoms with van der Waals surface area (Å²) >= 11 is 11.7. The van der Waals surface area contributed by atoms with Crippen LogP contribution in [0.5, 0.6) is 5.75 Å². The molecule has 0 radical (unpaired) electrons. The lowest BCUT2D eigenvalue weighted by atomic mass is 9.77. The Hall–Kier alpha value is -0.190. The topological polar surface area (TPSA) is 66.5 Å². The molecule has 1 aromatic carbocycles. The van der Waals surface area contributed by atoms with Gasteiger partial charge in [-0.1, -0.05) is 29.6 Å². The maximum atomic E-state index is 10.1. The van der Waals surface area contributed by atoms with Gasteiger partial charge in [0.05, 0.1) is 17.2 Å². The molecule has 0 spiro atoms. The van der Waals surface area contributed by atoms with Gasteiger partial charge in [0, 0.05) is 10.6 Å². The van der Waals surface area contributed by atoms with Gasteiger partial charge in [-0.25, -0.2) is 0 Å². The van der Waals surface area contributed by atoms with Crippen LogP contribution < -0.4 is 5.73 Å². The van der Waals surface area contributed by atoms with Gasteiger partial charge in [0.2, 0.25) is 0 Å². The zero-order valence-electron chi connectivity index (χ0n) is 9.64. The zero-order valence-corrected chi connectivity index (χ0v) is 12.0. The summed E-state index contributed by atoms with van der Waals surface area (Å²) < 4.78 is 0. The number of halogens is 3. The number of phenolic OH excluding ortho intramolecular Hbond substituents is 1. The summed E-state index contributed by atoms with van der Waals surface area (Å²) in [5.41, 5.74) is 6.36. The molecule has 0 bridgehead atoms. The Morgan fingerprint density at radius 1 is 1.28 bits per heavy atom. The van der Waals surface area contributed by atoms with Crippen molar-refractivity contribution in [1.82, 2.24) is 0 Å². The van der Waals surface area contributed by atoms with Crippen molar-refractivity contribution in [3.63, 3.8) is 0 Å². The van der Waals surface area contributed by atoms with Gasteiger partial charge < -0.3 is 15.9 Å². The van der Waals surface area contributed by atoms with Crippen molar-refractivity contribution in [2.24, 2.45) is 11.7 Å². The summed E-state index contributed by atoms with van der Waals surface area (Å²) in [5, 5.41) is 20.5. The second-order valence-corrected chi connectivity index (χ2v) is 5.38. The van der Waals surface area contributed by atoms with E-state index in [2.05, 4.69) is 0 Å². The molecule has 0 saturated heterocycles. The highest BCUT2D eigenvalue weighted by Gasteiger charge is 2.32. The minimum absolute atomic E-state index is 0. The number of phenols is 1. The van der Waals surface area contributed by atoms with Gasteiger partial charge in [0.1, 0.15) is 5.75 Å². The van der Waals surface area contributed by atoms with Crippen molar-refractivity contribution >= 4 is 35.6 Å². The first-order valence-electron chi connectivity index (χ1n) is 5.62. The summed E-state index contributed by atoms with van der Waals surface area (Å²) in [5.74, 6) is 0.115. The molecular weight excluding hydrogens is 296 g/mol. The van der Waals surface area contributed by atoms with Crippen LogP contribution in [0, 0.1) is 5.92 Å². The Morgan fingerprint density at radius 3 is 2.39 bits per heavy atom. The van der Waals surface area contributed by atoms with Gasteiger partial charge in [-0.2, -0.15) is 0 Å². The first kappa shape index (κ1) is 15.9. The van der Waals surface area contributed by atoms with E-state index in [9.17, 15) is 10.2 Å². The molecular formula is C12H16Cl3NO2. The molecule has 0 heterocycles. The third-order valence-corrected chi connectivity index (χ3v) is 3.92. The quantitative estimate of drug-likeness (QED) is 0.802. The Kier molecular flexibility index (Phi) is 5.56. The van der Waals surface area contributed by atoms with Crippen LogP contribution in [0.3, 0.4) is 0 Å². The van der Waals surface area contributed by atoms with Crippen LogP contribution in [-0.2, 0) is 0 Å². The maximum Gasteiger partial charge on any atom is 0.139 e. The van der Waals surface area contributed by atoms with Gasteiger partial charge in [-0.3, -0.25) is 0 Å². The molecule has 18 heavy (non-hydrogen) atoms. The maximum absolute atomic E-state index is 10.1. The highest BCUT2D eigenvalue weighted by molar-refractivity contribution is 6.35. The Balaban J connectivity index is 0.00000162. The fourth-order valence-corrected chi connectivity index (χ4v) is 2.61. The van der Waals surface area contributed by atoms with Crippen LogP contribution in [0.2, 0.25) is 10.0 Å². The van der Waals surface area contributed by atoms with Crippen LogP contribution in [-0.4, -0.2) is 16.3 Å². The van der Waals surface area contributed by atoms with Gasteiger partial charge in [0.15, 0.2) is 0 Å². The number of nitrogens with two attached hydrogens (primary N) is 1. The first-order chi connectivity index (χ1) is 8.00. The number of hydrogen-bond acceptors (Lipinski definition) is 3. The van der Waals surface area contributed by atoms with E-state index >= 15 is 0 Å². The summed E-state index contributed by atoms with van der Waals surface area (Å²) in [7, 11) is 0. The molecule has 1 fully saturated rings. The summed E-state index contributed by atoms with van der Waals surface area (Å²) in [6.07, 6.45) is 2.41. The average molecular weight is 313 g/mol. The van der Waals surface area contributed by atoms with E-state index in [0.717, 1.165) is 19.3 Å². The fraction of sp³-hybridized carbons (Fsp3) is 0.500. The second kappa shape index (κ2) is 6.31.